The number of carbonyl (C=O) groups is 1. The summed E-state index contributed by atoms with van der Waals surface area (Å²) in [4.78, 5) is 12.5. The Hall–Kier alpha value is -0.159. The highest BCUT2D eigenvalue weighted by molar-refractivity contribution is 6.76. The predicted octanol–water partition coefficient (Wildman–Crippen LogP) is 4.63. The van der Waals surface area contributed by atoms with E-state index in [4.69, 9.17) is 13.3 Å². The maximum absolute atomic E-state index is 12.5. The Morgan fingerprint density at radius 2 is 1.61 bits per heavy atom. The summed E-state index contributed by atoms with van der Waals surface area (Å²) >= 11 is 0. The van der Waals surface area contributed by atoms with Gasteiger partial charge in [-0.25, -0.2) is 4.79 Å². The summed E-state index contributed by atoms with van der Waals surface area (Å²) in [5.74, 6) is 0. The average Bonchev–Trinajstić information content (AvgIpc) is 2.37. The highest BCUT2D eigenvalue weighted by Crippen LogP contribution is 2.19. The van der Waals surface area contributed by atoms with E-state index in [1.807, 2.05) is 24.2 Å². The minimum Gasteiger partial charge on any atom is -0.505 e. The van der Waals surface area contributed by atoms with Crippen LogP contribution < -0.4 is 0 Å². The van der Waals surface area contributed by atoms with Crippen molar-refractivity contribution in [2.24, 2.45) is 0 Å². The fourth-order valence-corrected chi connectivity index (χ4v) is 6.18. The van der Waals surface area contributed by atoms with Crippen molar-refractivity contribution in [2.45, 2.75) is 71.6 Å². The van der Waals surface area contributed by atoms with E-state index in [2.05, 4.69) is 33.1 Å². The Kier molecular flexibility index (Phi) is 9.29. The maximum Gasteiger partial charge on any atom is 0.388 e. The van der Waals surface area contributed by atoms with E-state index < -0.39 is 25.1 Å². The molecule has 0 radical (unpaired) electrons. The predicted molar refractivity (Wildman–Crippen MR) is 104 cm³/mol. The summed E-state index contributed by atoms with van der Waals surface area (Å²) in [5, 5.41) is 0. The third kappa shape index (κ3) is 9.66. The molecule has 0 aromatic carbocycles. The Morgan fingerprint density at radius 3 is 2.00 bits per heavy atom. The first-order valence-corrected chi connectivity index (χ1v) is 17.9. The van der Waals surface area contributed by atoms with Gasteiger partial charge in [-0.05, 0) is 45.1 Å². The van der Waals surface area contributed by atoms with E-state index >= 15 is 0 Å². The zero-order chi connectivity index (χ0) is 18.3. The highest BCUT2D eigenvalue weighted by Gasteiger charge is 2.34. The molecule has 5 nitrogen and oxygen atoms in total. The van der Waals surface area contributed by atoms with Crippen molar-refractivity contribution in [2.75, 3.05) is 20.3 Å². The van der Waals surface area contributed by atoms with E-state index in [9.17, 15) is 4.79 Å². The lowest BCUT2D eigenvalue weighted by Crippen LogP contribution is -2.52. The smallest absolute Gasteiger partial charge is 0.388 e. The van der Waals surface area contributed by atoms with Gasteiger partial charge in [-0.1, -0.05) is 26.6 Å². The molecule has 0 bridgehead atoms. The number of hydrogen-bond donors (Lipinski definition) is 0. The first-order chi connectivity index (χ1) is 10.3. The molecule has 8 heteroatoms. The van der Waals surface area contributed by atoms with Crippen LogP contribution in [0.5, 0.6) is 0 Å². The Labute approximate surface area is 146 Å². The van der Waals surface area contributed by atoms with Gasteiger partial charge < -0.3 is 17.8 Å². The third-order valence-electron chi connectivity index (χ3n) is 3.48. The van der Waals surface area contributed by atoms with E-state index in [-0.39, 0.29) is 6.09 Å². The van der Waals surface area contributed by atoms with E-state index in [1.165, 1.54) is 0 Å². The van der Waals surface area contributed by atoms with Gasteiger partial charge in [0.25, 0.3) is 0 Å². The molecule has 0 N–H and O–H groups in total. The summed E-state index contributed by atoms with van der Waals surface area (Å²) in [7, 11) is -4.01. The van der Waals surface area contributed by atoms with Crippen LogP contribution in [-0.2, 0) is 13.3 Å². The van der Waals surface area contributed by atoms with Crippen molar-refractivity contribution in [1.82, 2.24) is 4.57 Å². The zero-order valence-electron chi connectivity index (χ0n) is 16.6. The summed E-state index contributed by atoms with van der Waals surface area (Å²) in [6, 6.07) is 0.894. The number of hydrogen-bond acceptors (Lipinski definition) is 4. The fraction of sp³-hybridized carbons (Fsp3) is 0.933. The fourth-order valence-electron chi connectivity index (χ4n) is 2.13. The zero-order valence-corrected chi connectivity index (χ0v) is 19.6. The third-order valence-corrected chi connectivity index (χ3v) is 9.23. The number of carbonyl (C=O) groups excluding carboxylic acids is 1. The number of rotatable bonds is 10. The lowest BCUT2D eigenvalue weighted by molar-refractivity contribution is 0.173. The van der Waals surface area contributed by atoms with Gasteiger partial charge in [-0.3, -0.25) is 0 Å². The van der Waals surface area contributed by atoms with E-state index in [0.29, 0.717) is 0 Å². The van der Waals surface area contributed by atoms with E-state index in [1.54, 1.807) is 7.11 Å². The van der Waals surface area contributed by atoms with Crippen molar-refractivity contribution in [1.29, 1.82) is 0 Å². The van der Waals surface area contributed by atoms with Crippen LogP contribution in [0, 0.1) is 0 Å². The lowest BCUT2D eigenvalue weighted by Gasteiger charge is -2.36. The van der Waals surface area contributed by atoms with Crippen LogP contribution >= 0.6 is 0 Å². The molecule has 1 atom stereocenters. The van der Waals surface area contributed by atoms with Crippen LogP contribution in [0.4, 0.5) is 4.79 Å². The summed E-state index contributed by atoms with van der Waals surface area (Å²) in [6.45, 7) is 18.3. The molecule has 0 saturated heterocycles. The first kappa shape index (κ1) is 22.8. The van der Waals surface area contributed by atoms with Crippen LogP contribution in [0.25, 0.3) is 0 Å². The van der Waals surface area contributed by atoms with Gasteiger partial charge in [0.2, 0.25) is 8.32 Å². The Balaban J connectivity index is 4.72. The van der Waals surface area contributed by atoms with Crippen molar-refractivity contribution in [3.8, 4) is 0 Å². The maximum atomic E-state index is 12.5. The summed E-state index contributed by atoms with van der Waals surface area (Å²) in [5.41, 5.74) is 0. The molecule has 1 unspecified atom stereocenters. The molecular formula is C15H37NO4Si3. The minimum absolute atomic E-state index is 0.140. The normalized spacial score (nSPS) is 15.2. The highest BCUT2D eigenvalue weighted by atomic mass is 28.4. The molecular weight excluding hydrogens is 342 g/mol. The minimum atomic E-state index is -2.11. The molecule has 0 aliphatic heterocycles. The quantitative estimate of drug-likeness (QED) is 0.519. The van der Waals surface area contributed by atoms with Crippen molar-refractivity contribution in [3.63, 3.8) is 0 Å². The largest absolute Gasteiger partial charge is 0.505 e. The molecule has 1 amide bonds. The van der Waals surface area contributed by atoms with Crippen molar-refractivity contribution in [3.05, 3.63) is 0 Å². The van der Waals surface area contributed by atoms with Crippen LogP contribution in [0.1, 0.15) is 19.8 Å². The molecule has 23 heavy (non-hydrogen) atoms. The molecule has 0 aromatic heterocycles. The first-order valence-electron chi connectivity index (χ1n) is 8.54. The number of nitrogens with zero attached hydrogens (tertiary/aromatic N) is 1. The molecule has 0 aromatic rings. The van der Waals surface area contributed by atoms with E-state index in [0.717, 1.165) is 32.0 Å². The van der Waals surface area contributed by atoms with Gasteiger partial charge in [0.1, 0.15) is 0 Å². The summed E-state index contributed by atoms with van der Waals surface area (Å²) < 4.78 is 19.3. The van der Waals surface area contributed by atoms with Gasteiger partial charge in [-0.2, -0.15) is 0 Å². The van der Waals surface area contributed by atoms with Crippen molar-refractivity contribution >= 4 is 31.2 Å². The van der Waals surface area contributed by atoms with Gasteiger partial charge in [0.15, 0.2) is 8.24 Å². The molecule has 0 saturated carbocycles. The monoisotopic (exact) mass is 379 g/mol. The molecule has 0 spiro atoms. The molecule has 0 aliphatic carbocycles. The average molecular weight is 380 g/mol. The Morgan fingerprint density at radius 1 is 1.04 bits per heavy atom. The summed E-state index contributed by atoms with van der Waals surface area (Å²) in [6.07, 6.45) is 1.75. The second-order valence-corrected chi connectivity index (χ2v) is 20.9. The molecule has 138 valence electrons. The molecule has 0 rings (SSSR count). The molecule has 0 heterocycles. The second kappa shape index (κ2) is 9.36. The van der Waals surface area contributed by atoms with Crippen LogP contribution in [-0.4, -0.2) is 56.0 Å². The van der Waals surface area contributed by atoms with Crippen LogP contribution in [0.2, 0.25) is 51.9 Å². The SMILES string of the molecule is CCCO[Si](C)(CCCN(C(=O)O[Si](C)(C)C)[Si](C)(C)C)OC. The Bertz CT molecular complexity index is 369. The van der Waals surface area contributed by atoms with Crippen LogP contribution in [0.15, 0.2) is 0 Å². The van der Waals surface area contributed by atoms with Gasteiger partial charge in [0.05, 0.1) is 0 Å². The second-order valence-electron chi connectivity index (χ2n) is 8.09. The van der Waals surface area contributed by atoms with Crippen molar-refractivity contribution < 1.29 is 18.1 Å². The standard InChI is InChI=1S/C15H37NO4Si3/c1-10-13-19-23(9,18-2)14-11-12-16(21(3,4)5)15(17)20-22(6,7)8/h10-14H2,1-9H3. The van der Waals surface area contributed by atoms with Gasteiger partial charge >= 0.3 is 14.7 Å². The van der Waals surface area contributed by atoms with Crippen LogP contribution in [0.3, 0.4) is 0 Å². The topological polar surface area (TPSA) is 48.0 Å². The van der Waals surface area contributed by atoms with Gasteiger partial charge in [0, 0.05) is 20.3 Å². The van der Waals surface area contributed by atoms with Gasteiger partial charge in [-0.15, -0.1) is 0 Å². The lowest BCUT2D eigenvalue weighted by atomic mass is 10.5. The number of amides is 1. The molecule has 0 aliphatic rings. The molecule has 0 fully saturated rings.